The van der Waals surface area contributed by atoms with Gasteiger partial charge < -0.3 is 5.73 Å². The lowest BCUT2D eigenvalue weighted by atomic mass is 9.90. The summed E-state index contributed by atoms with van der Waals surface area (Å²) in [5.41, 5.74) is 7.92. The van der Waals surface area contributed by atoms with Gasteiger partial charge in [-0.3, -0.25) is 4.31 Å². The third-order valence-electron chi connectivity index (χ3n) is 2.88. The van der Waals surface area contributed by atoms with Crippen molar-refractivity contribution in [2.75, 3.05) is 18.8 Å². The van der Waals surface area contributed by atoms with Gasteiger partial charge in [0.2, 0.25) is 0 Å². The van der Waals surface area contributed by atoms with E-state index in [-0.39, 0.29) is 0 Å². The monoisotopic (exact) mass is 208 g/mol. The van der Waals surface area contributed by atoms with Crippen LogP contribution in [-0.4, -0.2) is 17.4 Å². The van der Waals surface area contributed by atoms with Crippen LogP contribution in [0.2, 0.25) is 0 Å². The molecule has 1 fully saturated rings. The Bertz CT molecular complexity index is 289. The van der Waals surface area contributed by atoms with Crippen LogP contribution < -0.4 is 5.73 Å². The molecule has 14 heavy (non-hydrogen) atoms. The number of nitrogens with zero attached hydrogens (tertiary/aromatic N) is 1. The highest BCUT2D eigenvalue weighted by Gasteiger charge is 2.18. The van der Waals surface area contributed by atoms with Crippen molar-refractivity contribution in [3.05, 3.63) is 29.8 Å². The van der Waals surface area contributed by atoms with Crippen LogP contribution in [-0.2, 0) is 0 Å². The average Bonchev–Trinajstić information content (AvgIpc) is 2.21. The zero-order valence-corrected chi connectivity index (χ0v) is 9.08. The molecule has 0 spiro atoms. The smallest absolute Gasteiger partial charge is 0.0314 e. The first-order valence-electron chi connectivity index (χ1n) is 5.05. The Morgan fingerprint density at radius 3 is 2.29 bits per heavy atom. The average molecular weight is 208 g/mol. The van der Waals surface area contributed by atoms with Gasteiger partial charge in [-0.05, 0) is 36.5 Å². The largest absolute Gasteiger partial charge is 0.399 e. The first-order valence-corrected chi connectivity index (χ1v) is 5.45. The number of benzene rings is 1. The zero-order valence-electron chi connectivity index (χ0n) is 8.19. The van der Waals surface area contributed by atoms with E-state index >= 15 is 0 Å². The van der Waals surface area contributed by atoms with Crippen molar-refractivity contribution in [1.82, 2.24) is 4.31 Å². The van der Waals surface area contributed by atoms with Crippen molar-refractivity contribution >= 4 is 18.5 Å². The number of nitrogens with two attached hydrogens (primary N) is 1. The molecule has 1 aromatic rings. The molecule has 0 radical (unpaired) electrons. The molecule has 1 heterocycles. The first kappa shape index (κ1) is 9.87. The number of nitrogen functional groups attached to an aromatic ring is 1. The second-order valence-electron chi connectivity index (χ2n) is 3.89. The number of piperidine rings is 1. The van der Waals surface area contributed by atoms with Gasteiger partial charge in [0.15, 0.2) is 0 Å². The van der Waals surface area contributed by atoms with Gasteiger partial charge in [-0.25, -0.2) is 0 Å². The van der Waals surface area contributed by atoms with Gasteiger partial charge in [0.25, 0.3) is 0 Å². The van der Waals surface area contributed by atoms with Crippen LogP contribution in [0, 0.1) is 0 Å². The normalized spacial score (nSPS) is 19.8. The lowest BCUT2D eigenvalue weighted by Gasteiger charge is -2.28. The molecule has 1 saturated heterocycles. The molecule has 2 nitrogen and oxygen atoms in total. The van der Waals surface area contributed by atoms with E-state index in [1.165, 1.54) is 18.4 Å². The fourth-order valence-corrected chi connectivity index (χ4v) is 2.20. The minimum atomic E-state index is 0.694. The molecule has 1 aliphatic rings. The van der Waals surface area contributed by atoms with E-state index in [9.17, 15) is 0 Å². The van der Waals surface area contributed by atoms with E-state index in [1.54, 1.807) is 0 Å². The molecular formula is C11H16N2S. The Balaban J connectivity index is 2.05. The summed E-state index contributed by atoms with van der Waals surface area (Å²) in [6.07, 6.45) is 2.40. The van der Waals surface area contributed by atoms with Gasteiger partial charge >= 0.3 is 0 Å². The van der Waals surface area contributed by atoms with Crippen molar-refractivity contribution in [1.29, 1.82) is 0 Å². The SMILES string of the molecule is Nc1ccc(C2CCN(S)CC2)cc1. The lowest BCUT2D eigenvalue weighted by molar-refractivity contribution is 0.349. The standard InChI is InChI=1S/C11H16N2S/c12-11-3-1-9(2-4-11)10-5-7-13(14)8-6-10/h1-4,10,14H,5-8,12H2. The first-order chi connectivity index (χ1) is 6.75. The predicted octanol–water partition coefficient (Wildman–Crippen LogP) is 2.29. The van der Waals surface area contributed by atoms with Crippen molar-refractivity contribution in [3.8, 4) is 0 Å². The summed E-state index contributed by atoms with van der Waals surface area (Å²) in [7, 11) is 0. The maximum Gasteiger partial charge on any atom is 0.0314 e. The Kier molecular flexibility index (Phi) is 2.99. The molecule has 1 aromatic carbocycles. The minimum absolute atomic E-state index is 0.694. The van der Waals surface area contributed by atoms with Crippen molar-refractivity contribution in [2.45, 2.75) is 18.8 Å². The summed E-state index contributed by atoms with van der Waals surface area (Å²) in [6, 6.07) is 8.27. The Morgan fingerprint density at radius 2 is 1.71 bits per heavy atom. The summed E-state index contributed by atoms with van der Waals surface area (Å²) in [5.74, 6) is 0.694. The van der Waals surface area contributed by atoms with E-state index in [0.717, 1.165) is 18.8 Å². The van der Waals surface area contributed by atoms with Crippen LogP contribution in [0.5, 0.6) is 0 Å². The summed E-state index contributed by atoms with van der Waals surface area (Å²) in [6.45, 7) is 2.16. The van der Waals surface area contributed by atoms with Crippen LogP contribution in [0.4, 0.5) is 5.69 Å². The van der Waals surface area contributed by atoms with Crippen LogP contribution >= 0.6 is 12.8 Å². The van der Waals surface area contributed by atoms with Crippen molar-refractivity contribution in [2.24, 2.45) is 0 Å². The van der Waals surface area contributed by atoms with Crippen LogP contribution in [0.3, 0.4) is 0 Å². The maximum absolute atomic E-state index is 5.66. The Labute approximate surface area is 90.6 Å². The van der Waals surface area contributed by atoms with Gasteiger partial charge in [0.05, 0.1) is 0 Å². The highest BCUT2D eigenvalue weighted by Crippen LogP contribution is 2.28. The van der Waals surface area contributed by atoms with Gasteiger partial charge in [-0.2, -0.15) is 0 Å². The fraction of sp³-hybridized carbons (Fsp3) is 0.455. The molecule has 1 aliphatic heterocycles. The molecule has 0 bridgehead atoms. The van der Waals surface area contributed by atoms with Gasteiger partial charge in [-0.15, -0.1) is 0 Å². The number of hydrogen-bond donors (Lipinski definition) is 2. The topological polar surface area (TPSA) is 29.3 Å². The number of hydrogen-bond acceptors (Lipinski definition) is 3. The van der Waals surface area contributed by atoms with E-state index in [0.29, 0.717) is 5.92 Å². The number of anilines is 1. The van der Waals surface area contributed by atoms with E-state index < -0.39 is 0 Å². The molecule has 0 amide bonds. The lowest BCUT2D eigenvalue weighted by Crippen LogP contribution is -2.25. The van der Waals surface area contributed by atoms with E-state index in [4.69, 9.17) is 5.73 Å². The molecule has 2 rings (SSSR count). The number of thiol groups is 1. The molecule has 0 atom stereocenters. The molecule has 0 saturated carbocycles. The molecule has 76 valence electrons. The maximum atomic E-state index is 5.66. The highest BCUT2D eigenvalue weighted by molar-refractivity contribution is 7.77. The van der Waals surface area contributed by atoms with Gasteiger partial charge in [-0.1, -0.05) is 24.9 Å². The van der Waals surface area contributed by atoms with Gasteiger partial charge in [0.1, 0.15) is 0 Å². The van der Waals surface area contributed by atoms with E-state index in [2.05, 4.69) is 29.3 Å². The second kappa shape index (κ2) is 4.24. The quantitative estimate of drug-likeness (QED) is 0.548. The molecular weight excluding hydrogens is 192 g/mol. The van der Waals surface area contributed by atoms with Gasteiger partial charge in [0, 0.05) is 18.8 Å². The molecule has 0 unspecified atom stereocenters. The molecule has 0 aromatic heterocycles. The molecule has 0 aliphatic carbocycles. The third kappa shape index (κ3) is 2.22. The second-order valence-corrected chi connectivity index (χ2v) is 4.46. The zero-order chi connectivity index (χ0) is 9.97. The molecule has 2 N–H and O–H groups in total. The fourth-order valence-electron chi connectivity index (χ4n) is 1.97. The summed E-state index contributed by atoms with van der Waals surface area (Å²) < 4.78 is 2.09. The van der Waals surface area contributed by atoms with E-state index in [1.807, 2.05) is 12.1 Å². The Morgan fingerprint density at radius 1 is 1.14 bits per heavy atom. The molecule has 3 heteroatoms. The Hall–Kier alpha value is -0.670. The van der Waals surface area contributed by atoms with Crippen molar-refractivity contribution in [3.63, 3.8) is 0 Å². The summed E-state index contributed by atoms with van der Waals surface area (Å²) in [5, 5.41) is 0. The third-order valence-corrected chi connectivity index (χ3v) is 3.28. The summed E-state index contributed by atoms with van der Waals surface area (Å²) >= 11 is 4.34. The number of rotatable bonds is 1. The minimum Gasteiger partial charge on any atom is -0.399 e. The van der Waals surface area contributed by atoms with Crippen LogP contribution in [0.15, 0.2) is 24.3 Å². The van der Waals surface area contributed by atoms with Crippen molar-refractivity contribution < 1.29 is 0 Å². The predicted molar refractivity (Wildman–Crippen MR) is 63.4 cm³/mol. The summed E-state index contributed by atoms with van der Waals surface area (Å²) in [4.78, 5) is 0. The highest BCUT2D eigenvalue weighted by atomic mass is 32.1. The van der Waals surface area contributed by atoms with Crippen LogP contribution in [0.25, 0.3) is 0 Å². The van der Waals surface area contributed by atoms with Crippen LogP contribution in [0.1, 0.15) is 24.3 Å².